The molecule has 0 amide bonds. The third kappa shape index (κ3) is 2.85. The predicted molar refractivity (Wildman–Crippen MR) is 137 cm³/mol. The van der Waals surface area contributed by atoms with E-state index in [9.17, 15) is 24.8 Å². The van der Waals surface area contributed by atoms with Gasteiger partial charge in [-0.1, -0.05) is 60.1 Å². The SMILES string of the molecule is [2H]C1([2H])C(C)(C)C[C@H]2[C@H]3C(=O)C=C4[C@@]5(C)C=C(C#N)C(=O)C(C)(C)[C@@H]5CC[C@@]4(C)[C@]3(C)CC[C@@]2(C(=O)O)C1([2H])[2H]. The molecule has 3 fully saturated rings. The summed E-state index contributed by atoms with van der Waals surface area (Å²) in [5.41, 5.74) is -5.06. The number of carboxylic acids is 1. The number of nitriles is 1. The maximum absolute atomic E-state index is 14.4. The molecule has 0 heterocycles. The number of carbonyl (C=O) groups excluding carboxylic acids is 2. The lowest BCUT2D eigenvalue weighted by atomic mass is 9.34. The normalized spacial score (nSPS) is 51.1. The molecule has 7 atom stereocenters. The molecule has 5 heteroatoms. The fraction of sp³-hybridized carbons (Fsp3) is 0.742. The summed E-state index contributed by atoms with van der Waals surface area (Å²) in [6.45, 7) is 13.2. The number of Topliss-reactive ketones (excluding diaryl/α,β-unsaturated/α-hetero) is 1. The fourth-order valence-corrected chi connectivity index (χ4v) is 9.34. The summed E-state index contributed by atoms with van der Waals surface area (Å²) in [6.07, 6.45) is -0.0876. The first kappa shape index (κ1) is 20.8. The maximum atomic E-state index is 14.4. The van der Waals surface area contributed by atoms with Crippen LogP contribution in [-0.4, -0.2) is 22.6 Å². The average Bonchev–Trinajstić information content (AvgIpc) is 2.82. The zero-order valence-corrected chi connectivity index (χ0v) is 22.5. The lowest BCUT2D eigenvalue weighted by Gasteiger charge is -2.68. The van der Waals surface area contributed by atoms with Gasteiger partial charge in [-0.05, 0) is 79.0 Å². The Hall–Kier alpha value is -2.22. The van der Waals surface area contributed by atoms with E-state index in [0.29, 0.717) is 12.8 Å². The van der Waals surface area contributed by atoms with E-state index in [-0.39, 0.29) is 42.3 Å². The van der Waals surface area contributed by atoms with Crippen molar-refractivity contribution in [3.63, 3.8) is 0 Å². The number of carbonyl (C=O) groups is 3. The summed E-state index contributed by atoms with van der Waals surface area (Å²) >= 11 is 0. The summed E-state index contributed by atoms with van der Waals surface area (Å²) in [5, 5.41) is 20.5. The molecule has 0 aromatic rings. The summed E-state index contributed by atoms with van der Waals surface area (Å²) in [7, 11) is 0. The first-order valence-corrected chi connectivity index (χ1v) is 13.2. The Balaban J connectivity index is 1.75. The van der Waals surface area contributed by atoms with Gasteiger partial charge in [0.2, 0.25) is 0 Å². The lowest BCUT2D eigenvalue weighted by molar-refractivity contribution is -0.188. The molecule has 0 aromatic carbocycles. The van der Waals surface area contributed by atoms with Gasteiger partial charge in [0.05, 0.1) is 11.0 Å². The van der Waals surface area contributed by atoms with Crippen LogP contribution in [0.15, 0.2) is 23.3 Å². The Morgan fingerprint density at radius 2 is 1.75 bits per heavy atom. The van der Waals surface area contributed by atoms with Gasteiger partial charge in [0.25, 0.3) is 0 Å². The standard InChI is InChI=1S/C31H41NO4/c1-26(2)10-12-31(25(35)36)13-11-30(7)23(19(31)16-26)20(33)14-22-28(5)15-18(17-32)24(34)27(3,4)21(28)8-9-29(22,30)6/h14-15,19,21,23H,8-13,16H2,1-7H3,(H,35,36)/t19-,21-,23-,28-,29+,30+,31-/m0/s1/i10D2,12D2. The molecule has 1 N–H and O–H groups in total. The van der Waals surface area contributed by atoms with Crippen molar-refractivity contribution >= 4 is 17.5 Å². The highest BCUT2D eigenvalue weighted by Gasteiger charge is 2.70. The zero-order valence-electron chi connectivity index (χ0n) is 26.5. The summed E-state index contributed by atoms with van der Waals surface area (Å²) in [6, 6.07) is 2.09. The van der Waals surface area contributed by atoms with E-state index in [0.717, 1.165) is 5.57 Å². The molecule has 194 valence electrons. The number of hydrogen-bond acceptors (Lipinski definition) is 4. The molecule has 5 rings (SSSR count). The predicted octanol–water partition coefficient (Wildman–Crippen LogP) is 6.29. The fourth-order valence-electron chi connectivity index (χ4n) is 9.34. The lowest BCUT2D eigenvalue weighted by Crippen LogP contribution is -2.65. The van der Waals surface area contributed by atoms with Gasteiger partial charge in [-0.25, -0.2) is 0 Å². The molecule has 5 aliphatic rings. The zero-order chi connectivity index (χ0) is 30.3. The van der Waals surface area contributed by atoms with E-state index >= 15 is 0 Å². The third-order valence-corrected chi connectivity index (χ3v) is 11.4. The minimum absolute atomic E-state index is 0.0673. The molecule has 0 bridgehead atoms. The highest BCUT2D eigenvalue weighted by molar-refractivity contribution is 6.04. The van der Waals surface area contributed by atoms with Crippen LogP contribution in [0.1, 0.15) is 98.8 Å². The topological polar surface area (TPSA) is 95.2 Å². The van der Waals surface area contributed by atoms with Crippen molar-refractivity contribution in [2.45, 2.75) is 93.3 Å². The van der Waals surface area contributed by atoms with E-state index in [1.807, 2.05) is 27.7 Å². The summed E-state index contributed by atoms with van der Waals surface area (Å²) in [5.74, 6) is -3.61. The van der Waals surface area contributed by atoms with Crippen LogP contribution in [0.5, 0.6) is 0 Å². The van der Waals surface area contributed by atoms with E-state index in [4.69, 9.17) is 5.48 Å². The molecule has 5 nitrogen and oxygen atoms in total. The van der Waals surface area contributed by atoms with Crippen molar-refractivity contribution in [1.82, 2.24) is 0 Å². The van der Waals surface area contributed by atoms with Crippen LogP contribution in [0.4, 0.5) is 0 Å². The molecular weight excluding hydrogens is 450 g/mol. The number of aliphatic carboxylic acids is 1. The van der Waals surface area contributed by atoms with Gasteiger partial charge in [0.1, 0.15) is 6.07 Å². The van der Waals surface area contributed by atoms with Crippen molar-refractivity contribution in [1.29, 1.82) is 5.26 Å². The molecular formula is C31H41NO4. The second kappa shape index (κ2) is 7.21. The maximum Gasteiger partial charge on any atom is 0.309 e. The van der Waals surface area contributed by atoms with Gasteiger partial charge >= 0.3 is 5.97 Å². The van der Waals surface area contributed by atoms with Crippen LogP contribution in [-0.2, 0) is 14.4 Å². The van der Waals surface area contributed by atoms with E-state index < -0.39 is 63.0 Å². The number of fused-ring (bicyclic) bond motifs is 7. The van der Waals surface area contributed by atoms with Gasteiger partial charge in [-0.15, -0.1) is 0 Å². The highest BCUT2D eigenvalue weighted by atomic mass is 16.4. The van der Waals surface area contributed by atoms with Crippen LogP contribution in [0.3, 0.4) is 0 Å². The van der Waals surface area contributed by atoms with E-state index in [1.54, 1.807) is 26.0 Å². The van der Waals surface area contributed by atoms with Crippen molar-refractivity contribution in [2.24, 2.45) is 50.2 Å². The highest BCUT2D eigenvalue weighted by Crippen LogP contribution is 2.74. The number of ketones is 2. The number of hydrogen-bond donors (Lipinski definition) is 1. The smallest absolute Gasteiger partial charge is 0.309 e. The van der Waals surface area contributed by atoms with Crippen LogP contribution < -0.4 is 0 Å². The molecule has 36 heavy (non-hydrogen) atoms. The Morgan fingerprint density at radius 3 is 2.36 bits per heavy atom. The van der Waals surface area contributed by atoms with Crippen LogP contribution in [0.25, 0.3) is 0 Å². The second-order valence-electron chi connectivity index (χ2n) is 14.0. The van der Waals surface area contributed by atoms with Crippen molar-refractivity contribution in [3.8, 4) is 6.07 Å². The van der Waals surface area contributed by atoms with Gasteiger partial charge in [0, 0.05) is 22.2 Å². The number of carboxylic acid groups (broad SMARTS) is 1. The minimum atomic E-state index is -2.70. The Labute approximate surface area is 221 Å². The molecule has 0 aliphatic heterocycles. The largest absolute Gasteiger partial charge is 0.481 e. The molecule has 3 saturated carbocycles. The van der Waals surface area contributed by atoms with E-state index in [1.165, 1.54) is 0 Å². The monoisotopic (exact) mass is 495 g/mol. The van der Waals surface area contributed by atoms with Gasteiger partial charge in [-0.2, -0.15) is 5.26 Å². The first-order valence-electron chi connectivity index (χ1n) is 15.2. The van der Waals surface area contributed by atoms with Gasteiger partial charge in [-0.3, -0.25) is 14.4 Å². The van der Waals surface area contributed by atoms with Crippen LogP contribution >= 0.6 is 0 Å². The summed E-state index contributed by atoms with van der Waals surface area (Å²) < 4.78 is 35.6. The quantitative estimate of drug-likeness (QED) is 0.461. The average molecular weight is 496 g/mol. The van der Waals surface area contributed by atoms with Crippen LogP contribution in [0, 0.1) is 61.6 Å². The van der Waals surface area contributed by atoms with Crippen molar-refractivity contribution < 1.29 is 25.0 Å². The Bertz CT molecular complexity index is 1350. The van der Waals surface area contributed by atoms with Crippen LogP contribution in [0.2, 0.25) is 0 Å². The second-order valence-corrected chi connectivity index (χ2v) is 14.0. The summed E-state index contributed by atoms with van der Waals surface area (Å²) in [4.78, 5) is 40.7. The van der Waals surface area contributed by atoms with E-state index in [2.05, 4.69) is 13.0 Å². The third-order valence-electron chi connectivity index (χ3n) is 11.4. The molecule has 0 unspecified atom stereocenters. The molecule has 0 saturated heterocycles. The first-order chi connectivity index (χ1) is 18.0. The molecule has 0 aromatic heterocycles. The van der Waals surface area contributed by atoms with Gasteiger partial charge < -0.3 is 5.11 Å². The molecule has 5 aliphatic carbocycles. The van der Waals surface area contributed by atoms with Crippen molar-refractivity contribution in [2.75, 3.05) is 0 Å². The van der Waals surface area contributed by atoms with Crippen molar-refractivity contribution in [3.05, 3.63) is 23.3 Å². The minimum Gasteiger partial charge on any atom is -0.481 e. The Kier molecular flexibility index (Phi) is 4.16. The molecule has 0 spiro atoms. The number of nitrogens with zero attached hydrogens (tertiary/aromatic N) is 1. The number of rotatable bonds is 1. The number of allylic oxidation sites excluding steroid dienone is 4. The van der Waals surface area contributed by atoms with Gasteiger partial charge in [0.15, 0.2) is 11.6 Å². The molecule has 0 radical (unpaired) electrons. The Morgan fingerprint density at radius 1 is 1.08 bits per heavy atom.